The Labute approximate surface area is 123 Å². The van der Waals surface area contributed by atoms with E-state index in [9.17, 15) is 9.90 Å². The number of ether oxygens (including phenoxy) is 2. The molecule has 2 aromatic carbocycles. The van der Waals surface area contributed by atoms with Crippen LogP contribution in [0.5, 0.6) is 17.2 Å². The number of para-hydroxylation sites is 1. The summed E-state index contributed by atoms with van der Waals surface area (Å²) >= 11 is 0. The summed E-state index contributed by atoms with van der Waals surface area (Å²) in [5, 5.41) is 9.66. The Bertz CT molecular complexity index is 674. The third-order valence-electron chi connectivity index (χ3n) is 3.02. The van der Waals surface area contributed by atoms with Gasteiger partial charge in [0.05, 0.1) is 19.8 Å². The molecule has 0 spiro atoms. The number of hydrogen-bond acceptors (Lipinski definition) is 4. The van der Waals surface area contributed by atoms with Gasteiger partial charge in [-0.25, -0.2) is 0 Å². The number of ketones is 1. The third kappa shape index (κ3) is 3.42. The number of phenolic OH excluding ortho intramolecular Hbond substituents is 1. The Morgan fingerprint density at radius 1 is 1.10 bits per heavy atom. The van der Waals surface area contributed by atoms with Crippen molar-refractivity contribution in [2.45, 2.75) is 0 Å². The number of allylic oxidation sites excluding steroid dienone is 1. The Morgan fingerprint density at radius 3 is 2.52 bits per heavy atom. The largest absolute Gasteiger partial charge is 0.507 e. The van der Waals surface area contributed by atoms with Crippen LogP contribution >= 0.6 is 0 Å². The molecule has 0 saturated carbocycles. The number of hydrogen-bond donors (Lipinski definition) is 1. The lowest BCUT2D eigenvalue weighted by molar-refractivity contribution is 0.104. The first kappa shape index (κ1) is 14.7. The molecule has 21 heavy (non-hydrogen) atoms. The zero-order chi connectivity index (χ0) is 15.2. The van der Waals surface area contributed by atoms with Gasteiger partial charge in [-0.1, -0.05) is 12.1 Å². The molecule has 0 radical (unpaired) electrons. The maximum atomic E-state index is 12.1. The summed E-state index contributed by atoms with van der Waals surface area (Å²) in [5.41, 5.74) is 0.983. The molecule has 0 saturated heterocycles. The summed E-state index contributed by atoms with van der Waals surface area (Å²) in [7, 11) is 3.13. The quantitative estimate of drug-likeness (QED) is 0.676. The van der Waals surface area contributed by atoms with Crippen LogP contribution in [0.3, 0.4) is 0 Å². The maximum absolute atomic E-state index is 12.1. The number of rotatable bonds is 5. The van der Waals surface area contributed by atoms with Crippen LogP contribution < -0.4 is 9.47 Å². The van der Waals surface area contributed by atoms with Crippen LogP contribution in [0, 0.1) is 0 Å². The predicted octanol–water partition coefficient (Wildman–Crippen LogP) is 3.31. The van der Waals surface area contributed by atoms with Crippen LogP contribution in [0.25, 0.3) is 6.08 Å². The van der Waals surface area contributed by atoms with Gasteiger partial charge >= 0.3 is 0 Å². The number of phenols is 1. The zero-order valence-electron chi connectivity index (χ0n) is 11.9. The molecule has 0 aromatic heterocycles. The molecule has 2 aromatic rings. The van der Waals surface area contributed by atoms with Gasteiger partial charge in [-0.2, -0.15) is 0 Å². The summed E-state index contributed by atoms with van der Waals surface area (Å²) in [5.74, 6) is 0.991. The summed E-state index contributed by atoms with van der Waals surface area (Å²) in [4.78, 5) is 12.1. The molecule has 0 aliphatic rings. The van der Waals surface area contributed by atoms with Crippen LogP contribution in [0.15, 0.2) is 48.5 Å². The number of benzene rings is 2. The highest BCUT2D eigenvalue weighted by Crippen LogP contribution is 2.25. The molecule has 0 aliphatic heterocycles. The second-order valence-electron chi connectivity index (χ2n) is 4.32. The minimum absolute atomic E-state index is 0.0373. The third-order valence-corrected chi connectivity index (χ3v) is 3.02. The molecular weight excluding hydrogens is 268 g/mol. The maximum Gasteiger partial charge on any atom is 0.189 e. The van der Waals surface area contributed by atoms with Gasteiger partial charge in [0.2, 0.25) is 0 Å². The normalized spacial score (nSPS) is 10.6. The lowest BCUT2D eigenvalue weighted by Gasteiger charge is -2.07. The predicted molar refractivity (Wildman–Crippen MR) is 81.0 cm³/mol. The SMILES string of the molecule is COc1ccc(OC)c(/C=C\C(=O)c2ccccc2O)c1. The van der Waals surface area contributed by atoms with Crippen molar-refractivity contribution >= 4 is 11.9 Å². The van der Waals surface area contributed by atoms with Crippen LogP contribution in [0.1, 0.15) is 15.9 Å². The van der Waals surface area contributed by atoms with Gasteiger partial charge < -0.3 is 14.6 Å². The van der Waals surface area contributed by atoms with Crippen LogP contribution in [-0.4, -0.2) is 25.1 Å². The highest BCUT2D eigenvalue weighted by atomic mass is 16.5. The van der Waals surface area contributed by atoms with E-state index in [1.54, 1.807) is 56.7 Å². The lowest BCUT2D eigenvalue weighted by atomic mass is 10.1. The fraction of sp³-hybridized carbons (Fsp3) is 0.118. The van der Waals surface area contributed by atoms with E-state index in [4.69, 9.17) is 9.47 Å². The molecule has 0 bridgehead atoms. The van der Waals surface area contributed by atoms with Crippen LogP contribution in [-0.2, 0) is 0 Å². The van der Waals surface area contributed by atoms with Gasteiger partial charge in [-0.05, 0) is 42.5 Å². The van der Waals surface area contributed by atoms with E-state index in [2.05, 4.69) is 0 Å². The molecule has 0 atom stereocenters. The van der Waals surface area contributed by atoms with E-state index < -0.39 is 0 Å². The van der Waals surface area contributed by atoms with Crippen molar-refractivity contribution in [3.8, 4) is 17.2 Å². The fourth-order valence-corrected chi connectivity index (χ4v) is 1.91. The van der Waals surface area contributed by atoms with E-state index >= 15 is 0 Å². The van der Waals surface area contributed by atoms with E-state index in [0.717, 1.165) is 5.56 Å². The average Bonchev–Trinajstić information content (AvgIpc) is 2.52. The number of aromatic hydroxyl groups is 1. The summed E-state index contributed by atoms with van der Waals surface area (Å²) in [6, 6.07) is 11.7. The summed E-state index contributed by atoms with van der Waals surface area (Å²) < 4.78 is 10.4. The molecule has 108 valence electrons. The van der Waals surface area contributed by atoms with E-state index in [1.165, 1.54) is 12.1 Å². The fourth-order valence-electron chi connectivity index (χ4n) is 1.91. The van der Waals surface area contributed by atoms with Crippen LogP contribution in [0.4, 0.5) is 0 Å². The first-order chi connectivity index (χ1) is 10.2. The van der Waals surface area contributed by atoms with Crippen molar-refractivity contribution in [2.24, 2.45) is 0 Å². The van der Waals surface area contributed by atoms with Crippen molar-refractivity contribution in [1.82, 2.24) is 0 Å². The van der Waals surface area contributed by atoms with Crippen molar-refractivity contribution in [1.29, 1.82) is 0 Å². The number of methoxy groups -OCH3 is 2. The minimum Gasteiger partial charge on any atom is -0.507 e. The van der Waals surface area contributed by atoms with Gasteiger partial charge in [0.25, 0.3) is 0 Å². The molecule has 0 aliphatic carbocycles. The van der Waals surface area contributed by atoms with E-state index in [-0.39, 0.29) is 17.1 Å². The molecule has 0 unspecified atom stereocenters. The average molecular weight is 284 g/mol. The second kappa shape index (κ2) is 6.61. The van der Waals surface area contributed by atoms with E-state index in [1.807, 2.05) is 0 Å². The molecule has 4 nitrogen and oxygen atoms in total. The molecule has 0 heterocycles. The Balaban J connectivity index is 2.29. The first-order valence-corrected chi connectivity index (χ1v) is 6.38. The topological polar surface area (TPSA) is 55.8 Å². The first-order valence-electron chi connectivity index (χ1n) is 6.38. The van der Waals surface area contributed by atoms with Gasteiger partial charge in [-0.3, -0.25) is 4.79 Å². The second-order valence-corrected chi connectivity index (χ2v) is 4.32. The molecule has 0 amide bonds. The van der Waals surface area contributed by atoms with Gasteiger partial charge in [0.1, 0.15) is 17.2 Å². The monoisotopic (exact) mass is 284 g/mol. The van der Waals surface area contributed by atoms with Crippen LogP contribution in [0.2, 0.25) is 0 Å². The Kier molecular flexibility index (Phi) is 4.61. The Hall–Kier alpha value is -2.75. The van der Waals surface area contributed by atoms with Gasteiger partial charge in [0.15, 0.2) is 5.78 Å². The Morgan fingerprint density at radius 2 is 1.86 bits per heavy atom. The van der Waals surface area contributed by atoms with Crippen molar-refractivity contribution in [2.75, 3.05) is 14.2 Å². The van der Waals surface area contributed by atoms with E-state index in [0.29, 0.717) is 11.5 Å². The zero-order valence-corrected chi connectivity index (χ0v) is 11.9. The lowest BCUT2D eigenvalue weighted by Crippen LogP contribution is -1.95. The standard InChI is InChI=1S/C17H16O4/c1-20-13-8-10-17(21-2)12(11-13)7-9-16(19)14-5-3-4-6-15(14)18/h3-11,18H,1-2H3/b9-7-. The smallest absolute Gasteiger partial charge is 0.189 e. The van der Waals surface area contributed by atoms with Crippen molar-refractivity contribution in [3.05, 3.63) is 59.7 Å². The highest BCUT2D eigenvalue weighted by molar-refractivity contribution is 6.08. The summed E-state index contributed by atoms with van der Waals surface area (Å²) in [6.07, 6.45) is 3.03. The van der Waals surface area contributed by atoms with Gasteiger partial charge in [0, 0.05) is 5.56 Å². The minimum atomic E-state index is -0.280. The molecule has 0 fully saturated rings. The molecule has 1 N–H and O–H groups in total. The highest BCUT2D eigenvalue weighted by Gasteiger charge is 2.08. The molecule has 2 rings (SSSR count). The summed E-state index contributed by atoms with van der Waals surface area (Å²) in [6.45, 7) is 0. The van der Waals surface area contributed by atoms with Crippen molar-refractivity contribution in [3.63, 3.8) is 0 Å². The molecular formula is C17H16O4. The number of carbonyl (C=O) groups excluding carboxylic acids is 1. The van der Waals surface area contributed by atoms with Gasteiger partial charge in [-0.15, -0.1) is 0 Å². The number of carbonyl (C=O) groups is 1. The van der Waals surface area contributed by atoms with Crippen molar-refractivity contribution < 1.29 is 19.4 Å². The molecule has 4 heteroatoms.